The van der Waals surface area contributed by atoms with Crippen LogP contribution < -0.4 is 14.4 Å². The highest BCUT2D eigenvalue weighted by Crippen LogP contribution is 2.33. The van der Waals surface area contributed by atoms with Crippen molar-refractivity contribution in [3.63, 3.8) is 0 Å². The molecule has 0 spiro atoms. The lowest BCUT2D eigenvalue weighted by Gasteiger charge is -2.28. The van der Waals surface area contributed by atoms with Crippen LogP contribution in [0.3, 0.4) is 0 Å². The fourth-order valence-corrected chi connectivity index (χ4v) is 4.24. The zero-order valence-electron chi connectivity index (χ0n) is 12.8. The number of likely N-dealkylation sites (N-methyl/N-ethyl adjacent to an activating group) is 1. The summed E-state index contributed by atoms with van der Waals surface area (Å²) in [6.45, 7) is 3.23. The van der Waals surface area contributed by atoms with Crippen molar-refractivity contribution < 1.29 is 13.2 Å². The Morgan fingerprint density at radius 2 is 2.00 bits per heavy atom. The molecular weight excluding hydrogens is 427 g/mol. The van der Waals surface area contributed by atoms with Crippen LogP contribution >= 0.6 is 22.6 Å². The van der Waals surface area contributed by atoms with Gasteiger partial charge < -0.3 is 9.64 Å². The maximum Gasteiger partial charge on any atom is 0.261 e. The highest BCUT2D eigenvalue weighted by Gasteiger charge is 2.21. The summed E-state index contributed by atoms with van der Waals surface area (Å²) in [6.07, 6.45) is 0. The Labute approximate surface area is 149 Å². The number of nitrogens with one attached hydrogen (secondary N) is 1. The topological polar surface area (TPSA) is 58.6 Å². The van der Waals surface area contributed by atoms with Crippen LogP contribution in [0.4, 0.5) is 11.4 Å². The molecule has 0 unspecified atom stereocenters. The quantitative estimate of drug-likeness (QED) is 0.739. The second-order valence-corrected chi connectivity index (χ2v) is 8.39. The van der Waals surface area contributed by atoms with E-state index in [0.717, 1.165) is 21.4 Å². The Bertz CT molecular complexity index is 852. The largest absolute Gasteiger partial charge is 0.490 e. The van der Waals surface area contributed by atoms with E-state index < -0.39 is 10.0 Å². The van der Waals surface area contributed by atoms with Crippen molar-refractivity contribution in [3.8, 4) is 5.75 Å². The molecule has 2 aromatic carbocycles. The maximum atomic E-state index is 12.7. The molecule has 1 aliphatic rings. The molecule has 122 valence electrons. The molecule has 0 aliphatic carbocycles. The summed E-state index contributed by atoms with van der Waals surface area (Å²) in [5.74, 6) is 0.711. The van der Waals surface area contributed by atoms with Gasteiger partial charge in [-0.15, -0.1) is 0 Å². The zero-order chi connectivity index (χ0) is 16.6. The summed E-state index contributed by atoms with van der Waals surface area (Å²) in [4.78, 5) is 2.22. The third-order valence-electron chi connectivity index (χ3n) is 3.77. The fraction of sp³-hybridized carbons (Fsp3) is 0.250. The van der Waals surface area contributed by atoms with Gasteiger partial charge in [-0.05, 0) is 71.5 Å². The maximum absolute atomic E-state index is 12.7. The lowest BCUT2D eigenvalue weighted by atomic mass is 10.2. The first-order chi connectivity index (χ1) is 10.9. The third kappa shape index (κ3) is 3.40. The third-order valence-corrected chi connectivity index (χ3v) is 5.80. The average Bonchev–Trinajstić information content (AvgIpc) is 2.50. The van der Waals surface area contributed by atoms with Crippen LogP contribution in [0.25, 0.3) is 0 Å². The molecule has 0 fully saturated rings. The summed E-state index contributed by atoms with van der Waals surface area (Å²) in [6, 6.07) is 10.5. The molecule has 5 nitrogen and oxygen atoms in total. The number of benzene rings is 2. The SMILES string of the molecule is Cc1cc(I)ccc1NS(=O)(=O)c1ccc2c(c1)N(C)CCO2. The number of sulfonamides is 1. The number of nitrogens with zero attached hydrogens (tertiary/aromatic N) is 1. The molecule has 0 atom stereocenters. The van der Waals surface area contributed by atoms with Gasteiger partial charge in [-0.25, -0.2) is 8.42 Å². The molecule has 0 aromatic heterocycles. The van der Waals surface area contributed by atoms with Gasteiger partial charge in [-0.2, -0.15) is 0 Å². The van der Waals surface area contributed by atoms with Gasteiger partial charge in [0.1, 0.15) is 12.4 Å². The molecule has 0 saturated heterocycles. The van der Waals surface area contributed by atoms with Crippen LogP contribution in [-0.2, 0) is 10.0 Å². The van der Waals surface area contributed by atoms with Gasteiger partial charge in [0, 0.05) is 10.6 Å². The molecule has 1 heterocycles. The Morgan fingerprint density at radius 3 is 2.74 bits per heavy atom. The molecule has 0 saturated carbocycles. The lowest BCUT2D eigenvalue weighted by molar-refractivity contribution is 0.311. The number of anilines is 2. The number of aryl methyl sites for hydroxylation is 1. The predicted octanol–water partition coefficient (Wildman–Crippen LogP) is 3.23. The van der Waals surface area contributed by atoms with E-state index in [0.29, 0.717) is 18.0 Å². The second kappa shape index (κ2) is 6.20. The minimum absolute atomic E-state index is 0.228. The van der Waals surface area contributed by atoms with E-state index in [2.05, 4.69) is 27.3 Å². The summed E-state index contributed by atoms with van der Waals surface area (Å²) in [7, 11) is -1.72. The molecule has 7 heteroatoms. The molecule has 2 aromatic rings. The van der Waals surface area contributed by atoms with E-state index >= 15 is 0 Å². The Kier molecular flexibility index (Phi) is 4.41. The van der Waals surface area contributed by atoms with Crippen molar-refractivity contribution in [1.29, 1.82) is 0 Å². The number of fused-ring (bicyclic) bond motifs is 1. The molecular formula is C16H17IN2O3S. The monoisotopic (exact) mass is 444 g/mol. The van der Waals surface area contributed by atoms with Crippen LogP contribution in [-0.4, -0.2) is 28.6 Å². The lowest BCUT2D eigenvalue weighted by Crippen LogP contribution is -2.29. The smallest absolute Gasteiger partial charge is 0.261 e. The Morgan fingerprint density at radius 1 is 1.22 bits per heavy atom. The zero-order valence-corrected chi connectivity index (χ0v) is 15.8. The van der Waals surface area contributed by atoms with Gasteiger partial charge in [0.2, 0.25) is 0 Å². The van der Waals surface area contributed by atoms with E-state index in [1.807, 2.05) is 31.0 Å². The highest BCUT2D eigenvalue weighted by atomic mass is 127. The number of hydrogen-bond acceptors (Lipinski definition) is 4. The molecule has 3 rings (SSSR count). The summed E-state index contributed by atoms with van der Waals surface area (Å²) >= 11 is 2.20. The molecule has 0 bridgehead atoms. The van der Waals surface area contributed by atoms with Crippen LogP contribution in [0.2, 0.25) is 0 Å². The molecule has 0 amide bonds. The first kappa shape index (κ1) is 16.4. The van der Waals surface area contributed by atoms with E-state index in [1.165, 1.54) is 0 Å². The van der Waals surface area contributed by atoms with Crippen LogP contribution in [0, 0.1) is 10.5 Å². The van der Waals surface area contributed by atoms with Crippen LogP contribution in [0.5, 0.6) is 5.75 Å². The van der Waals surface area contributed by atoms with E-state index in [1.54, 1.807) is 24.3 Å². The van der Waals surface area contributed by atoms with Gasteiger partial charge in [0.05, 0.1) is 22.8 Å². The van der Waals surface area contributed by atoms with Crippen molar-refractivity contribution in [2.24, 2.45) is 0 Å². The fourth-order valence-electron chi connectivity index (χ4n) is 2.44. The van der Waals surface area contributed by atoms with Gasteiger partial charge in [0.15, 0.2) is 0 Å². The molecule has 1 aliphatic heterocycles. The molecule has 0 radical (unpaired) electrons. The Balaban J connectivity index is 1.95. The van der Waals surface area contributed by atoms with Crippen molar-refractivity contribution >= 4 is 44.0 Å². The highest BCUT2D eigenvalue weighted by molar-refractivity contribution is 14.1. The number of rotatable bonds is 3. The van der Waals surface area contributed by atoms with E-state index in [4.69, 9.17) is 4.74 Å². The number of ether oxygens (including phenoxy) is 1. The number of halogens is 1. The van der Waals surface area contributed by atoms with Crippen molar-refractivity contribution in [1.82, 2.24) is 0 Å². The van der Waals surface area contributed by atoms with Gasteiger partial charge >= 0.3 is 0 Å². The van der Waals surface area contributed by atoms with Gasteiger partial charge in [0.25, 0.3) is 10.0 Å². The minimum atomic E-state index is -3.64. The summed E-state index contributed by atoms with van der Waals surface area (Å²) < 4.78 is 34.6. The number of hydrogen-bond donors (Lipinski definition) is 1. The normalized spacial score (nSPS) is 14.1. The van der Waals surface area contributed by atoms with E-state index in [-0.39, 0.29) is 4.90 Å². The summed E-state index contributed by atoms with van der Waals surface area (Å²) in [5, 5.41) is 0. The molecule has 23 heavy (non-hydrogen) atoms. The summed E-state index contributed by atoms with van der Waals surface area (Å²) in [5.41, 5.74) is 2.27. The minimum Gasteiger partial charge on any atom is -0.490 e. The average molecular weight is 444 g/mol. The van der Waals surface area contributed by atoms with Crippen molar-refractivity contribution in [3.05, 3.63) is 45.5 Å². The molecule has 1 N–H and O–H groups in total. The van der Waals surface area contributed by atoms with Crippen molar-refractivity contribution in [2.75, 3.05) is 29.8 Å². The first-order valence-corrected chi connectivity index (χ1v) is 9.70. The van der Waals surface area contributed by atoms with Gasteiger partial charge in [-0.3, -0.25) is 4.72 Å². The first-order valence-electron chi connectivity index (χ1n) is 7.14. The van der Waals surface area contributed by atoms with Crippen LogP contribution in [0.1, 0.15) is 5.56 Å². The Hall–Kier alpha value is -1.48. The predicted molar refractivity (Wildman–Crippen MR) is 99.9 cm³/mol. The van der Waals surface area contributed by atoms with Crippen LogP contribution in [0.15, 0.2) is 41.3 Å². The standard InChI is InChI=1S/C16H17IN2O3S/c1-11-9-12(17)3-5-14(11)18-23(20,21)13-4-6-16-15(10-13)19(2)7-8-22-16/h3-6,9-10,18H,7-8H2,1-2H3. The second-order valence-electron chi connectivity index (χ2n) is 5.46. The van der Waals surface area contributed by atoms with Gasteiger partial charge in [-0.1, -0.05) is 0 Å². The van der Waals surface area contributed by atoms with E-state index in [9.17, 15) is 8.42 Å². The van der Waals surface area contributed by atoms with Crippen molar-refractivity contribution in [2.45, 2.75) is 11.8 Å².